The zero-order valence-corrected chi connectivity index (χ0v) is 10.9. The minimum Gasteiger partial charge on any atom is -0.332 e. The van der Waals surface area contributed by atoms with Crippen LogP contribution in [0.2, 0.25) is 0 Å². The third-order valence-electron chi connectivity index (χ3n) is 2.93. The topological polar surface area (TPSA) is 46.3 Å². The molecule has 0 heterocycles. The van der Waals surface area contributed by atoms with E-state index in [2.05, 4.69) is 19.1 Å². The van der Waals surface area contributed by atoms with E-state index < -0.39 is 0 Å². The molecule has 3 nitrogen and oxygen atoms in total. The second kappa shape index (κ2) is 6.40. The summed E-state index contributed by atoms with van der Waals surface area (Å²) >= 11 is 0. The largest absolute Gasteiger partial charge is 0.332 e. The van der Waals surface area contributed by atoms with E-state index in [4.69, 9.17) is 5.73 Å². The van der Waals surface area contributed by atoms with Crippen LogP contribution in [0, 0.1) is 0 Å². The highest BCUT2D eigenvalue weighted by atomic mass is 16.2. The van der Waals surface area contributed by atoms with Crippen molar-refractivity contribution in [2.45, 2.75) is 39.3 Å². The lowest BCUT2D eigenvalue weighted by Crippen LogP contribution is -2.43. The lowest BCUT2D eigenvalue weighted by Gasteiger charge is -2.34. The Morgan fingerprint density at radius 2 is 1.88 bits per heavy atom. The van der Waals surface area contributed by atoms with Crippen molar-refractivity contribution in [1.29, 1.82) is 0 Å². The van der Waals surface area contributed by atoms with Crippen LogP contribution in [0.3, 0.4) is 0 Å². The quantitative estimate of drug-likeness (QED) is 0.850. The normalized spacial score (nSPS) is 12.5. The van der Waals surface area contributed by atoms with E-state index in [1.807, 2.05) is 36.9 Å². The first-order valence-electron chi connectivity index (χ1n) is 6.18. The maximum Gasteiger partial charge on any atom is 0.237 e. The molecule has 0 radical (unpaired) electrons. The number of amides is 1. The van der Waals surface area contributed by atoms with Crippen LogP contribution in [0.4, 0.5) is 0 Å². The molecule has 3 heteroatoms. The Labute approximate surface area is 104 Å². The molecule has 0 unspecified atom stereocenters. The van der Waals surface area contributed by atoms with Gasteiger partial charge in [0.05, 0.1) is 12.6 Å². The van der Waals surface area contributed by atoms with Crippen LogP contribution in [0.5, 0.6) is 0 Å². The van der Waals surface area contributed by atoms with Gasteiger partial charge in [0.2, 0.25) is 5.91 Å². The first-order valence-corrected chi connectivity index (χ1v) is 6.18. The van der Waals surface area contributed by atoms with E-state index in [1.165, 1.54) is 5.56 Å². The number of hydrogen-bond acceptors (Lipinski definition) is 2. The van der Waals surface area contributed by atoms with Crippen molar-refractivity contribution >= 4 is 5.91 Å². The summed E-state index contributed by atoms with van der Waals surface area (Å²) < 4.78 is 0. The first kappa shape index (κ1) is 13.7. The summed E-state index contributed by atoms with van der Waals surface area (Å²) in [5, 5.41) is 0. The van der Waals surface area contributed by atoms with Crippen molar-refractivity contribution in [2.24, 2.45) is 5.73 Å². The van der Waals surface area contributed by atoms with E-state index in [9.17, 15) is 4.79 Å². The molecule has 0 saturated carbocycles. The molecular formula is C14H22N2O. The van der Waals surface area contributed by atoms with Gasteiger partial charge < -0.3 is 10.6 Å². The molecule has 0 bridgehead atoms. The molecule has 1 amide bonds. The molecule has 0 aromatic heterocycles. The van der Waals surface area contributed by atoms with E-state index in [0.717, 1.165) is 6.42 Å². The standard InChI is InChI=1S/C14H22N2O/c1-4-13(12-8-6-5-7-9-12)16(11(2)3)14(17)10-15/h5-9,11,13H,4,10,15H2,1-3H3/t13-/m0/s1. The predicted molar refractivity (Wildman–Crippen MR) is 70.5 cm³/mol. The summed E-state index contributed by atoms with van der Waals surface area (Å²) in [5.41, 5.74) is 6.66. The van der Waals surface area contributed by atoms with Gasteiger partial charge in [-0.05, 0) is 25.8 Å². The van der Waals surface area contributed by atoms with Crippen LogP contribution in [-0.2, 0) is 4.79 Å². The van der Waals surface area contributed by atoms with Crippen LogP contribution in [0.1, 0.15) is 38.8 Å². The van der Waals surface area contributed by atoms with Crippen molar-refractivity contribution in [3.63, 3.8) is 0 Å². The van der Waals surface area contributed by atoms with Crippen LogP contribution in [-0.4, -0.2) is 23.4 Å². The lowest BCUT2D eigenvalue weighted by molar-refractivity contribution is -0.134. The zero-order valence-electron chi connectivity index (χ0n) is 10.9. The molecular weight excluding hydrogens is 212 g/mol. The maximum atomic E-state index is 11.9. The Balaban J connectivity index is 3.02. The molecule has 0 aliphatic rings. The highest BCUT2D eigenvalue weighted by Gasteiger charge is 2.24. The van der Waals surface area contributed by atoms with Gasteiger partial charge in [0.15, 0.2) is 0 Å². The average Bonchev–Trinajstić information content (AvgIpc) is 2.35. The molecule has 0 spiro atoms. The second-order valence-corrected chi connectivity index (χ2v) is 4.43. The van der Waals surface area contributed by atoms with Gasteiger partial charge in [-0.1, -0.05) is 37.3 Å². The Hall–Kier alpha value is -1.35. The van der Waals surface area contributed by atoms with E-state index in [0.29, 0.717) is 0 Å². The summed E-state index contributed by atoms with van der Waals surface area (Å²) in [6.45, 7) is 6.22. The van der Waals surface area contributed by atoms with Gasteiger partial charge >= 0.3 is 0 Å². The van der Waals surface area contributed by atoms with Crippen molar-refractivity contribution < 1.29 is 4.79 Å². The Bertz CT molecular complexity index is 348. The molecule has 0 saturated heterocycles. The minimum atomic E-state index is 0.00991. The summed E-state index contributed by atoms with van der Waals surface area (Å²) in [4.78, 5) is 13.8. The summed E-state index contributed by atoms with van der Waals surface area (Å²) in [6.07, 6.45) is 0.897. The van der Waals surface area contributed by atoms with Crippen LogP contribution >= 0.6 is 0 Å². The molecule has 2 N–H and O–H groups in total. The fourth-order valence-electron chi connectivity index (χ4n) is 2.20. The van der Waals surface area contributed by atoms with Gasteiger partial charge in [0, 0.05) is 6.04 Å². The van der Waals surface area contributed by atoms with E-state index in [1.54, 1.807) is 0 Å². The Morgan fingerprint density at radius 3 is 2.29 bits per heavy atom. The number of rotatable bonds is 5. The van der Waals surface area contributed by atoms with Gasteiger partial charge in [0.25, 0.3) is 0 Å². The predicted octanol–water partition coefficient (Wildman–Crippen LogP) is 2.33. The van der Waals surface area contributed by atoms with Gasteiger partial charge in [-0.2, -0.15) is 0 Å². The van der Waals surface area contributed by atoms with Gasteiger partial charge in [-0.25, -0.2) is 0 Å². The van der Waals surface area contributed by atoms with Crippen molar-refractivity contribution in [3.05, 3.63) is 35.9 Å². The molecule has 0 fully saturated rings. The van der Waals surface area contributed by atoms with Crippen molar-refractivity contribution in [1.82, 2.24) is 4.90 Å². The van der Waals surface area contributed by atoms with Crippen molar-refractivity contribution in [3.8, 4) is 0 Å². The number of carbonyl (C=O) groups is 1. The van der Waals surface area contributed by atoms with Crippen LogP contribution < -0.4 is 5.73 Å². The number of nitrogens with zero attached hydrogens (tertiary/aromatic N) is 1. The molecule has 17 heavy (non-hydrogen) atoms. The molecule has 0 aliphatic heterocycles. The molecule has 94 valence electrons. The number of carbonyl (C=O) groups excluding carboxylic acids is 1. The Morgan fingerprint density at radius 1 is 1.29 bits per heavy atom. The highest BCUT2D eigenvalue weighted by Crippen LogP contribution is 2.25. The van der Waals surface area contributed by atoms with E-state index >= 15 is 0 Å². The van der Waals surface area contributed by atoms with Crippen LogP contribution in [0.25, 0.3) is 0 Å². The average molecular weight is 234 g/mol. The van der Waals surface area contributed by atoms with E-state index in [-0.39, 0.29) is 24.5 Å². The summed E-state index contributed by atoms with van der Waals surface area (Å²) in [5.74, 6) is 0.00991. The zero-order chi connectivity index (χ0) is 12.8. The van der Waals surface area contributed by atoms with Gasteiger partial charge in [0.1, 0.15) is 0 Å². The van der Waals surface area contributed by atoms with Crippen molar-refractivity contribution in [2.75, 3.05) is 6.54 Å². The second-order valence-electron chi connectivity index (χ2n) is 4.43. The fraction of sp³-hybridized carbons (Fsp3) is 0.500. The van der Waals surface area contributed by atoms with Crippen LogP contribution in [0.15, 0.2) is 30.3 Å². The Kier molecular flexibility index (Phi) is 5.16. The molecule has 1 atom stereocenters. The fourth-order valence-corrected chi connectivity index (χ4v) is 2.20. The number of benzene rings is 1. The molecule has 1 aromatic rings. The molecule has 1 aromatic carbocycles. The first-order chi connectivity index (χ1) is 8.11. The number of nitrogens with two attached hydrogens (primary N) is 1. The summed E-state index contributed by atoms with van der Waals surface area (Å²) in [7, 11) is 0. The molecule has 1 rings (SSSR count). The lowest BCUT2D eigenvalue weighted by atomic mass is 10.0. The third kappa shape index (κ3) is 3.30. The monoisotopic (exact) mass is 234 g/mol. The highest BCUT2D eigenvalue weighted by molar-refractivity contribution is 5.78. The van der Waals surface area contributed by atoms with Gasteiger partial charge in [-0.15, -0.1) is 0 Å². The molecule has 0 aliphatic carbocycles. The number of hydrogen-bond donors (Lipinski definition) is 1. The third-order valence-corrected chi connectivity index (χ3v) is 2.93. The van der Waals surface area contributed by atoms with Gasteiger partial charge in [-0.3, -0.25) is 4.79 Å². The maximum absolute atomic E-state index is 11.9. The summed E-state index contributed by atoms with van der Waals surface area (Å²) in [6, 6.07) is 10.4. The minimum absolute atomic E-state index is 0.00991. The SMILES string of the molecule is CC[C@@H](c1ccccc1)N(C(=O)CN)C(C)C. The smallest absolute Gasteiger partial charge is 0.237 e.